The van der Waals surface area contributed by atoms with Crippen LogP contribution in [0.4, 0.5) is 0 Å². The van der Waals surface area contributed by atoms with Gasteiger partial charge in [-0.3, -0.25) is 9.69 Å². The molecule has 7 heteroatoms. The van der Waals surface area contributed by atoms with E-state index in [1.165, 1.54) is 0 Å². The standard InChI is InChI=1S/C22H25N3O4/c1-3-15(2)25(13-16-7-6-12-27-16)11-10-23-22(26)20-18-14-28-19-9-5-4-8-17(19)21(18)29-24-20/h4-9,12,15H,3,10-11,13-14H2,1-2H3,(H,23,26)/t15-/m0/s1. The second-order valence-electron chi connectivity index (χ2n) is 7.19. The van der Waals surface area contributed by atoms with Crippen LogP contribution in [0, 0.1) is 0 Å². The summed E-state index contributed by atoms with van der Waals surface area (Å²) in [4.78, 5) is 15.0. The van der Waals surface area contributed by atoms with Crippen LogP contribution in [0.25, 0.3) is 11.3 Å². The lowest BCUT2D eigenvalue weighted by atomic mass is 10.0. The lowest BCUT2D eigenvalue weighted by Gasteiger charge is -2.27. The molecule has 0 fully saturated rings. The Kier molecular flexibility index (Phi) is 5.67. The van der Waals surface area contributed by atoms with Gasteiger partial charge in [-0.2, -0.15) is 0 Å². The quantitative estimate of drug-likeness (QED) is 0.624. The summed E-state index contributed by atoms with van der Waals surface area (Å²) >= 11 is 0. The molecule has 29 heavy (non-hydrogen) atoms. The summed E-state index contributed by atoms with van der Waals surface area (Å²) in [7, 11) is 0. The third-order valence-electron chi connectivity index (χ3n) is 5.34. The van der Waals surface area contributed by atoms with Gasteiger partial charge in [-0.15, -0.1) is 0 Å². The number of carbonyl (C=O) groups excluding carboxylic acids is 1. The van der Waals surface area contributed by atoms with E-state index in [9.17, 15) is 4.79 Å². The Morgan fingerprint density at radius 2 is 2.14 bits per heavy atom. The van der Waals surface area contributed by atoms with E-state index in [-0.39, 0.29) is 18.2 Å². The molecular formula is C22H25N3O4. The van der Waals surface area contributed by atoms with Gasteiger partial charge in [0.2, 0.25) is 0 Å². The van der Waals surface area contributed by atoms with Crippen LogP contribution in [0.1, 0.15) is 42.1 Å². The molecule has 4 rings (SSSR count). The van der Waals surface area contributed by atoms with Crippen LogP contribution in [-0.4, -0.2) is 35.1 Å². The number of furan rings is 1. The molecule has 0 saturated heterocycles. The van der Waals surface area contributed by atoms with Crippen LogP contribution in [0.5, 0.6) is 5.75 Å². The molecule has 0 bridgehead atoms. The zero-order valence-electron chi connectivity index (χ0n) is 16.7. The second-order valence-corrected chi connectivity index (χ2v) is 7.19. The average Bonchev–Trinajstić information content (AvgIpc) is 3.42. The molecule has 1 aliphatic heterocycles. The Bertz CT molecular complexity index is 964. The summed E-state index contributed by atoms with van der Waals surface area (Å²) in [6.07, 6.45) is 2.70. The lowest BCUT2D eigenvalue weighted by molar-refractivity contribution is 0.0930. The van der Waals surface area contributed by atoms with E-state index in [4.69, 9.17) is 13.7 Å². The Labute approximate surface area is 169 Å². The maximum atomic E-state index is 12.7. The van der Waals surface area contributed by atoms with Crippen molar-refractivity contribution in [3.05, 3.63) is 59.7 Å². The van der Waals surface area contributed by atoms with E-state index in [1.807, 2.05) is 36.4 Å². The fourth-order valence-corrected chi connectivity index (χ4v) is 3.48. The maximum absolute atomic E-state index is 12.7. The van der Waals surface area contributed by atoms with E-state index < -0.39 is 0 Å². The Hall–Kier alpha value is -3.06. The predicted octanol–water partition coefficient (Wildman–Crippen LogP) is 3.86. The summed E-state index contributed by atoms with van der Waals surface area (Å²) in [5.41, 5.74) is 1.80. The summed E-state index contributed by atoms with van der Waals surface area (Å²) in [6, 6.07) is 11.8. The van der Waals surface area contributed by atoms with Gasteiger partial charge in [-0.25, -0.2) is 0 Å². The number of rotatable bonds is 8. The smallest absolute Gasteiger partial charge is 0.273 e. The minimum atomic E-state index is -0.250. The number of fused-ring (bicyclic) bond motifs is 3. The number of ether oxygens (including phenoxy) is 1. The Balaban J connectivity index is 1.40. The average molecular weight is 395 g/mol. The summed E-state index contributed by atoms with van der Waals surface area (Å²) in [5, 5.41) is 6.97. The Morgan fingerprint density at radius 1 is 1.28 bits per heavy atom. The monoisotopic (exact) mass is 395 g/mol. The van der Waals surface area contributed by atoms with Crippen LogP contribution >= 0.6 is 0 Å². The number of aromatic nitrogens is 1. The largest absolute Gasteiger partial charge is 0.488 e. The number of hydrogen-bond donors (Lipinski definition) is 1. The third kappa shape index (κ3) is 4.05. The molecule has 0 unspecified atom stereocenters. The normalized spacial score (nSPS) is 13.5. The number of amides is 1. The van der Waals surface area contributed by atoms with E-state index >= 15 is 0 Å². The van der Waals surface area contributed by atoms with Gasteiger partial charge >= 0.3 is 0 Å². The van der Waals surface area contributed by atoms with Crippen molar-refractivity contribution in [2.24, 2.45) is 0 Å². The third-order valence-corrected chi connectivity index (χ3v) is 5.34. The highest BCUT2D eigenvalue weighted by Crippen LogP contribution is 2.38. The number of nitrogens with one attached hydrogen (secondary N) is 1. The molecule has 1 amide bonds. The Morgan fingerprint density at radius 3 is 2.93 bits per heavy atom. The first kappa shape index (κ1) is 19.3. The van der Waals surface area contributed by atoms with Gasteiger partial charge < -0.3 is 19.0 Å². The zero-order valence-corrected chi connectivity index (χ0v) is 16.7. The zero-order chi connectivity index (χ0) is 20.2. The molecule has 0 radical (unpaired) electrons. The first-order chi connectivity index (χ1) is 14.2. The van der Waals surface area contributed by atoms with Gasteiger partial charge in [0.05, 0.1) is 23.9 Å². The summed E-state index contributed by atoms with van der Waals surface area (Å²) in [5.74, 6) is 2.01. The lowest BCUT2D eigenvalue weighted by Crippen LogP contribution is -2.39. The maximum Gasteiger partial charge on any atom is 0.273 e. The fraction of sp³-hybridized carbons (Fsp3) is 0.364. The number of hydrogen-bond acceptors (Lipinski definition) is 6. The van der Waals surface area contributed by atoms with E-state index in [1.54, 1.807) is 6.26 Å². The van der Waals surface area contributed by atoms with Crippen molar-refractivity contribution in [2.45, 2.75) is 39.5 Å². The van der Waals surface area contributed by atoms with E-state index in [0.29, 0.717) is 37.0 Å². The number of benzene rings is 1. The molecule has 3 heterocycles. The van der Waals surface area contributed by atoms with Gasteiger partial charge in [0.1, 0.15) is 18.1 Å². The first-order valence-corrected chi connectivity index (χ1v) is 9.92. The van der Waals surface area contributed by atoms with Crippen LogP contribution in [0.2, 0.25) is 0 Å². The summed E-state index contributed by atoms with van der Waals surface area (Å²) in [6.45, 7) is 6.52. The van der Waals surface area contributed by atoms with Crippen molar-refractivity contribution in [1.29, 1.82) is 0 Å². The van der Waals surface area contributed by atoms with Crippen LogP contribution in [0.3, 0.4) is 0 Å². The SMILES string of the molecule is CC[C@H](C)N(CCNC(=O)c1noc2c1COc1ccccc1-2)Cc1ccco1. The van der Waals surface area contributed by atoms with E-state index in [2.05, 4.69) is 29.2 Å². The molecule has 1 atom stereocenters. The van der Waals surface area contributed by atoms with Crippen molar-refractivity contribution in [3.63, 3.8) is 0 Å². The van der Waals surface area contributed by atoms with Crippen molar-refractivity contribution >= 4 is 5.91 Å². The number of para-hydroxylation sites is 1. The summed E-state index contributed by atoms with van der Waals surface area (Å²) < 4.78 is 16.7. The molecule has 2 aromatic heterocycles. The minimum absolute atomic E-state index is 0.250. The molecule has 1 aliphatic rings. The number of carbonyl (C=O) groups is 1. The van der Waals surface area contributed by atoms with Gasteiger partial charge in [0, 0.05) is 19.1 Å². The van der Waals surface area contributed by atoms with Crippen molar-refractivity contribution in [2.75, 3.05) is 13.1 Å². The van der Waals surface area contributed by atoms with Crippen molar-refractivity contribution in [3.8, 4) is 17.1 Å². The number of nitrogens with zero attached hydrogens (tertiary/aromatic N) is 2. The van der Waals surface area contributed by atoms with Crippen molar-refractivity contribution < 1.29 is 18.5 Å². The van der Waals surface area contributed by atoms with Gasteiger partial charge in [-0.05, 0) is 37.6 Å². The van der Waals surface area contributed by atoms with Crippen LogP contribution in [-0.2, 0) is 13.2 Å². The minimum Gasteiger partial charge on any atom is -0.488 e. The topological polar surface area (TPSA) is 80.7 Å². The van der Waals surface area contributed by atoms with Crippen LogP contribution < -0.4 is 10.1 Å². The van der Waals surface area contributed by atoms with E-state index in [0.717, 1.165) is 23.5 Å². The molecule has 1 N–H and O–H groups in total. The molecule has 7 nitrogen and oxygen atoms in total. The van der Waals surface area contributed by atoms with Gasteiger partial charge in [0.15, 0.2) is 11.5 Å². The highest BCUT2D eigenvalue weighted by atomic mass is 16.5. The molecule has 3 aromatic rings. The van der Waals surface area contributed by atoms with Gasteiger partial charge in [0.25, 0.3) is 5.91 Å². The molecule has 0 spiro atoms. The highest BCUT2D eigenvalue weighted by Gasteiger charge is 2.28. The molecule has 152 valence electrons. The molecule has 1 aromatic carbocycles. The van der Waals surface area contributed by atoms with Gasteiger partial charge in [-0.1, -0.05) is 24.2 Å². The highest BCUT2D eigenvalue weighted by molar-refractivity contribution is 5.95. The molecular weight excluding hydrogens is 370 g/mol. The molecule has 0 saturated carbocycles. The fourth-order valence-electron chi connectivity index (χ4n) is 3.48. The second kappa shape index (κ2) is 8.53. The predicted molar refractivity (Wildman–Crippen MR) is 107 cm³/mol. The first-order valence-electron chi connectivity index (χ1n) is 9.92. The molecule has 0 aliphatic carbocycles. The van der Waals surface area contributed by atoms with Crippen LogP contribution in [0.15, 0.2) is 51.6 Å². The van der Waals surface area contributed by atoms with Crippen molar-refractivity contribution in [1.82, 2.24) is 15.4 Å².